The van der Waals surface area contributed by atoms with Crippen LogP contribution in [0.2, 0.25) is 0 Å². The van der Waals surface area contributed by atoms with Gasteiger partial charge in [0.2, 0.25) is 5.91 Å². The molecule has 2 aliphatic heterocycles. The van der Waals surface area contributed by atoms with Gasteiger partial charge in [0.1, 0.15) is 0 Å². The summed E-state index contributed by atoms with van der Waals surface area (Å²) in [6.45, 7) is 3.93. The highest BCUT2D eigenvalue weighted by Gasteiger charge is 2.51. The predicted octanol–water partition coefficient (Wildman–Crippen LogP) is 2.39. The van der Waals surface area contributed by atoms with Gasteiger partial charge in [-0.2, -0.15) is 0 Å². The molecule has 0 bridgehead atoms. The summed E-state index contributed by atoms with van der Waals surface area (Å²) < 4.78 is 0. The zero-order chi connectivity index (χ0) is 17.4. The van der Waals surface area contributed by atoms with Crippen molar-refractivity contribution < 1.29 is 9.90 Å². The minimum Gasteiger partial charge on any atom is -0.392 e. The Kier molecular flexibility index (Phi) is 4.89. The Morgan fingerprint density at radius 1 is 1.28 bits per heavy atom. The number of hydrogen-bond acceptors (Lipinski definition) is 4. The number of allylic oxidation sites excluding steroid dienone is 1. The van der Waals surface area contributed by atoms with Crippen LogP contribution in [0.25, 0.3) is 0 Å². The molecule has 2 fully saturated rings. The number of hydrogen-bond donors (Lipinski definition) is 3. The maximum Gasteiger partial charge on any atom is 0.234 e. The maximum absolute atomic E-state index is 12.4. The summed E-state index contributed by atoms with van der Waals surface area (Å²) in [5.41, 5.74) is 2.46. The van der Waals surface area contributed by atoms with Gasteiger partial charge in [-0.15, -0.1) is 11.8 Å². The van der Waals surface area contributed by atoms with Crippen LogP contribution in [0.5, 0.6) is 0 Å². The standard InChI is InChI=1S/C20H26N2O2S/c1-2-21-11-12-3-5-13(6-4-12)17-16(23)8-7-15-18(17)14-9-10-25-19(14)20(24)22-15/h3-6,9-10,14-19,21,23H,2,7-8,11H2,1H3,(H,22,24). The molecule has 3 aliphatic rings. The molecule has 1 saturated carbocycles. The third-order valence-electron chi connectivity index (χ3n) is 5.92. The van der Waals surface area contributed by atoms with Crippen LogP contribution in [-0.2, 0) is 11.3 Å². The summed E-state index contributed by atoms with van der Waals surface area (Å²) in [6, 6.07) is 8.83. The zero-order valence-corrected chi connectivity index (χ0v) is 15.3. The van der Waals surface area contributed by atoms with E-state index < -0.39 is 0 Å². The van der Waals surface area contributed by atoms with E-state index in [4.69, 9.17) is 0 Å². The maximum atomic E-state index is 12.4. The van der Waals surface area contributed by atoms with Crippen LogP contribution >= 0.6 is 11.8 Å². The van der Waals surface area contributed by atoms with Crippen LogP contribution < -0.4 is 10.6 Å². The minimum atomic E-state index is -0.337. The normalized spacial score (nSPS) is 36.6. The minimum absolute atomic E-state index is 0.0259. The Morgan fingerprint density at radius 3 is 2.84 bits per heavy atom. The lowest BCUT2D eigenvalue weighted by Crippen LogP contribution is -2.59. The molecule has 1 aliphatic carbocycles. The smallest absolute Gasteiger partial charge is 0.234 e. The highest BCUT2D eigenvalue weighted by Crippen LogP contribution is 2.50. The fourth-order valence-electron chi connectivity index (χ4n) is 4.72. The van der Waals surface area contributed by atoms with Crippen LogP contribution in [0.15, 0.2) is 35.7 Å². The lowest BCUT2D eigenvalue weighted by molar-refractivity contribution is -0.126. The van der Waals surface area contributed by atoms with E-state index in [-0.39, 0.29) is 41.1 Å². The van der Waals surface area contributed by atoms with E-state index in [1.807, 2.05) is 0 Å². The van der Waals surface area contributed by atoms with Crippen molar-refractivity contribution in [2.75, 3.05) is 6.54 Å². The van der Waals surface area contributed by atoms with Gasteiger partial charge < -0.3 is 15.7 Å². The van der Waals surface area contributed by atoms with Gasteiger partial charge in [-0.1, -0.05) is 37.3 Å². The van der Waals surface area contributed by atoms with Crippen LogP contribution in [0, 0.1) is 11.8 Å². The molecule has 1 aromatic carbocycles. The van der Waals surface area contributed by atoms with E-state index in [1.54, 1.807) is 11.8 Å². The van der Waals surface area contributed by atoms with Gasteiger partial charge in [-0.05, 0) is 41.8 Å². The second kappa shape index (κ2) is 7.14. The van der Waals surface area contributed by atoms with E-state index in [9.17, 15) is 9.90 Å². The van der Waals surface area contributed by atoms with Crippen molar-refractivity contribution in [3.05, 3.63) is 46.9 Å². The number of amides is 1. The van der Waals surface area contributed by atoms with Crippen molar-refractivity contribution in [2.45, 2.75) is 49.6 Å². The average Bonchev–Trinajstić information content (AvgIpc) is 3.12. The molecule has 0 spiro atoms. The number of aliphatic hydroxyl groups excluding tert-OH is 1. The molecule has 2 heterocycles. The number of carbonyl (C=O) groups is 1. The number of piperidine rings is 1. The number of aliphatic hydroxyl groups is 1. The quantitative estimate of drug-likeness (QED) is 0.773. The van der Waals surface area contributed by atoms with E-state index in [2.05, 4.69) is 53.3 Å². The lowest BCUT2D eigenvalue weighted by atomic mass is 9.63. The molecule has 1 amide bonds. The molecule has 6 atom stereocenters. The Bertz CT molecular complexity index is 660. The second-order valence-corrected chi connectivity index (χ2v) is 8.40. The summed E-state index contributed by atoms with van der Waals surface area (Å²) in [4.78, 5) is 12.4. The molecule has 5 heteroatoms. The summed E-state index contributed by atoms with van der Waals surface area (Å²) in [5, 5.41) is 19.4. The van der Waals surface area contributed by atoms with Crippen LogP contribution in [-0.4, -0.2) is 35.0 Å². The van der Waals surface area contributed by atoms with E-state index in [0.29, 0.717) is 0 Å². The van der Waals surface area contributed by atoms with Gasteiger partial charge >= 0.3 is 0 Å². The molecular formula is C20H26N2O2S. The number of nitrogens with one attached hydrogen (secondary N) is 2. The Balaban J connectivity index is 1.62. The van der Waals surface area contributed by atoms with Gasteiger partial charge in [-0.3, -0.25) is 4.79 Å². The highest BCUT2D eigenvalue weighted by molar-refractivity contribution is 8.03. The molecule has 25 heavy (non-hydrogen) atoms. The van der Waals surface area contributed by atoms with Crippen LogP contribution in [0.1, 0.15) is 36.8 Å². The Hall–Kier alpha value is -1.30. The summed E-state index contributed by atoms with van der Waals surface area (Å²) in [7, 11) is 0. The summed E-state index contributed by atoms with van der Waals surface area (Å²) in [5.74, 6) is 0.753. The van der Waals surface area contributed by atoms with Crippen molar-refractivity contribution in [2.24, 2.45) is 11.8 Å². The lowest BCUT2D eigenvalue weighted by Gasteiger charge is -2.48. The van der Waals surface area contributed by atoms with Crippen molar-refractivity contribution in [3.63, 3.8) is 0 Å². The topological polar surface area (TPSA) is 61.4 Å². The largest absolute Gasteiger partial charge is 0.392 e. The van der Waals surface area contributed by atoms with Crippen molar-refractivity contribution in [1.82, 2.24) is 10.6 Å². The summed E-state index contributed by atoms with van der Waals surface area (Å²) in [6.07, 6.45) is 3.47. The molecule has 4 rings (SSSR count). The number of fused-ring (bicyclic) bond motifs is 3. The first-order valence-corrected chi connectivity index (χ1v) is 10.2. The number of thioether (sulfide) groups is 1. The second-order valence-electron chi connectivity index (χ2n) is 7.35. The molecule has 4 nitrogen and oxygen atoms in total. The molecular weight excluding hydrogens is 332 g/mol. The molecule has 0 radical (unpaired) electrons. The molecule has 3 N–H and O–H groups in total. The van der Waals surface area contributed by atoms with E-state index in [1.165, 1.54) is 11.1 Å². The molecule has 6 unspecified atom stereocenters. The van der Waals surface area contributed by atoms with Gasteiger partial charge in [-0.25, -0.2) is 0 Å². The van der Waals surface area contributed by atoms with Crippen LogP contribution in [0.3, 0.4) is 0 Å². The van der Waals surface area contributed by atoms with Gasteiger partial charge in [0.25, 0.3) is 0 Å². The average molecular weight is 359 g/mol. The number of benzene rings is 1. The Morgan fingerprint density at radius 2 is 2.08 bits per heavy atom. The van der Waals surface area contributed by atoms with E-state index in [0.717, 1.165) is 25.9 Å². The number of carbonyl (C=O) groups excluding carboxylic acids is 1. The zero-order valence-electron chi connectivity index (χ0n) is 14.5. The number of rotatable bonds is 4. The first-order chi connectivity index (χ1) is 12.2. The first-order valence-electron chi connectivity index (χ1n) is 9.29. The van der Waals surface area contributed by atoms with Crippen molar-refractivity contribution in [1.29, 1.82) is 0 Å². The van der Waals surface area contributed by atoms with Crippen molar-refractivity contribution >= 4 is 17.7 Å². The van der Waals surface area contributed by atoms with Gasteiger partial charge in [0, 0.05) is 24.4 Å². The first kappa shape index (κ1) is 17.1. The van der Waals surface area contributed by atoms with Crippen molar-refractivity contribution in [3.8, 4) is 0 Å². The molecule has 1 aromatic rings. The molecule has 134 valence electrons. The molecule has 0 aromatic heterocycles. The molecule has 1 saturated heterocycles. The SMILES string of the molecule is CCNCc1ccc(C2C(O)CCC3NC(=O)C4SC=CC4C32)cc1. The monoisotopic (exact) mass is 358 g/mol. The Labute approximate surface area is 153 Å². The van der Waals surface area contributed by atoms with Gasteiger partial charge in [0.15, 0.2) is 0 Å². The third kappa shape index (κ3) is 3.14. The highest BCUT2D eigenvalue weighted by atomic mass is 32.2. The summed E-state index contributed by atoms with van der Waals surface area (Å²) >= 11 is 1.62. The fourth-order valence-corrected chi connectivity index (χ4v) is 5.81. The van der Waals surface area contributed by atoms with E-state index >= 15 is 0 Å². The van der Waals surface area contributed by atoms with Crippen LogP contribution in [0.4, 0.5) is 0 Å². The fraction of sp³-hybridized carbons (Fsp3) is 0.550. The van der Waals surface area contributed by atoms with Gasteiger partial charge in [0.05, 0.1) is 11.4 Å². The predicted molar refractivity (Wildman–Crippen MR) is 101 cm³/mol. The third-order valence-corrected chi connectivity index (χ3v) is 7.05.